The maximum atomic E-state index is 12.5. The van der Waals surface area contributed by atoms with Gasteiger partial charge in [0, 0.05) is 12.5 Å². The van der Waals surface area contributed by atoms with Crippen molar-refractivity contribution in [2.24, 2.45) is 5.92 Å². The summed E-state index contributed by atoms with van der Waals surface area (Å²) in [6, 6.07) is 0. The Kier molecular flexibility index (Phi) is 4.93. The van der Waals surface area contributed by atoms with Gasteiger partial charge in [-0.25, -0.2) is 0 Å². The van der Waals surface area contributed by atoms with Crippen molar-refractivity contribution >= 4 is 5.78 Å². The molecule has 0 aromatic rings. The molecule has 0 aliphatic carbocycles. The molecule has 3 nitrogen and oxygen atoms in total. The van der Waals surface area contributed by atoms with Crippen LogP contribution in [0.5, 0.6) is 0 Å². The van der Waals surface area contributed by atoms with E-state index in [9.17, 15) is 4.79 Å². The third-order valence-corrected chi connectivity index (χ3v) is 3.98. The smallest absolute Gasteiger partial charge is 0.158 e. The van der Waals surface area contributed by atoms with Crippen LogP contribution in [0.25, 0.3) is 0 Å². The van der Waals surface area contributed by atoms with Crippen molar-refractivity contribution in [3.8, 4) is 0 Å². The van der Waals surface area contributed by atoms with E-state index in [1.165, 1.54) is 0 Å². The van der Waals surface area contributed by atoms with Gasteiger partial charge in [0.25, 0.3) is 0 Å². The number of ether oxygens (including phenoxy) is 1. The van der Waals surface area contributed by atoms with Gasteiger partial charge in [-0.1, -0.05) is 20.8 Å². The first-order chi connectivity index (χ1) is 7.60. The van der Waals surface area contributed by atoms with Crippen LogP contribution < -0.4 is 0 Å². The predicted molar refractivity (Wildman–Crippen MR) is 65.6 cm³/mol. The minimum atomic E-state index is -0.304. The number of likely N-dealkylation sites (N-methyl/N-ethyl adjacent to an activating group) is 1. The Morgan fingerprint density at radius 2 is 2.00 bits per heavy atom. The molecule has 0 N–H and O–H groups in total. The van der Waals surface area contributed by atoms with E-state index < -0.39 is 0 Å². The normalized spacial score (nSPS) is 24.7. The van der Waals surface area contributed by atoms with Crippen LogP contribution in [0.1, 0.15) is 40.5 Å². The highest BCUT2D eigenvalue weighted by molar-refractivity contribution is 5.90. The van der Waals surface area contributed by atoms with Crippen molar-refractivity contribution in [3.63, 3.8) is 0 Å². The lowest BCUT2D eigenvalue weighted by atomic mass is 9.83. The van der Waals surface area contributed by atoms with E-state index in [1.54, 1.807) is 0 Å². The standard InChI is InChI=1S/C13H25NO2/c1-5-13(4,14(6-2)7-3)12(15)11-8-9-16-10-11/h11H,5-10H2,1-4H3. The first kappa shape index (κ1) is 13.7. The Hall–Kier alpha value is -0.410. The molecule has 1 fully saturated rings. The van der Waals surface area contributed by atoms with Crippen molar-refractivity contribution in [2.75, 3.05) is 26.3 Å². The first-order valence-electron chi connectivity index (χ1n) is 6.47. The SMILES string of the molecule is CCN(CC)C(C)(CC)C(=O)C1CCOC1. The number of Topliss-reactive ketones (excluding diaryl/α,β-unsaturated/α-hetero) is 1. The second-order valence-electron chi connectivity index (χ2n) is 4.72. The largest absolute Gasteiger partial charge is 0.381 e. The van der Waals surface area contributed by atoms with Crippen LogP contribution in [0.15, 0.2) is 0 Å². The third-order valence-electron chi connectivity index (χ3n) is 3.98. The van der Waals surface area contributed by atoms with Crippen molar-refractivity contribution < 1.29 is 9.53 Å². The second-order valence-corrected chi connectivity index (χ2v) is 4.72. The molecule has 0 saturated carbocycles. The molecular weight excluding hydrogens is 202 g/mol. The van der Waals surface area contributed by atoms with E-state index in [4.69, 9.17) is 4.74 Å². The maximum Gasteiger partial charge on any atom is 0.158 e. The van der Waals surface area contributed by atoms with Crippen molar-refractivity contribution in [3.05, 3.63) is 0 Å². The fourth-order valence-electron chi connectivity index (χ4n) is 2.66. The monoisotopic (exact) mass is 227 g/mol. The highest BCUT2D eigenvalue weighted by Crippen LogP contribution is 2.27. The molecule has 1 aliphatic rings. The zero-order chi connectivity index (χ0) is 12.2. The van der Waals surface area contributed by atoms with Crippen LogP contribution in [-0.4, -0.2) is 42.5 Å². The molecule has 1 saturated heterocycles. The van der Waals surface area contributed by atoms with E-state index in [1.807, 2.05) is 0 Å². The summed E-state index contributed by atoms with van der Waals surface area (Å²) in [5, 5.41) is 0. The van der Waals surface area contributed by atoms with Gasteiger partial charge in [0.1, 0.15) is 0 Å². The summed E-state index contributed by atoms with van der Waals surface area (Å²) in [5.41, 5.74) is -0.304. The lowest BCUT2D eigenvalue weighted by Crippen LogP contribution is -2.54. The van der Waals surface area contributed by atoms with Crippen molar-refractivity contribution in [2.45, 2.75) is 46.1 Å². The Morgan fingerprint density at radius 1 is 1.38 bits per heavy atom. The Labute approximate surface area is 99.1 Å². The molecule has 0 aromatic carbocycles. The average Bonchev–Trinajstić information content (AvgIpc) is 2.82. The lowest BCUT2D eigenvalue weighted by molar-refractivity contribution is -0.134. The van der Waals surface area contributed by atoms with Gasteiger partial charge in [-0.05, 0) is 32.9 Å². The van der Waals surface area contributed by atoms with Crippen LogP contribution in [-0.2, 0) is 9.53 Å². The van der Waals surface area contributed by atoms with Gasteiger partial charge in [-0.15, -0.1) is 0 Å². The van der Waals surface area contributed by atoms with E-state index in [0.29, 0.717) is 12.4 Å². The fraction of sp³-hybridized carbons (Fsp3) is 0.923. The van der Waals surface area contributed by atoms with Gasteiger partial charge in [-0.3, -0.25) is 9.69 Å². The van der Waals surface area contributed by atoms with Gasteiger partial charge >= 0.3 is 0 Å². The molecule has 1 rings (SSSR count). The molecule has 94 valence electrons. The molecule has 0 aromatic heterocycles. The molecule has 16 heavy (non-hydrogen) atoms. The molecule has 2 unspecified atom stereocenters. The van der Waals surface area contributed by atoms with E-state index in [0.717, 1.165) is 32.5 Å². The highest BCUT2D eigenvalue weighted by atomic mass is 16.5. The number of ketones is 1. The third kappa shape index (κ3) is 2.46. The lowest BCUT2D eigenvalue weighted by Gasteiger charge is -2.39. The van der Waals surface area contributed by atoms with Crippen LogP contribution >= 0.6 is 0 Å². The Balaban J connectivity index is 2.80. The number of carbonyl (C=O) groups is 1. The summed E-state index contributed by atoms with van der Waals surface area (Å²) in [4.78, 5) is 14.8. The second kappa shape index (κ2) is 5.78. The summed E-state index contributed by atoms with van der Waals surface area (Å²) < 4.78 is 5.33. The quantitative estimate of drug-likeness (QED) is 0.696. The van der Waals surface area contributed by atoms with Crippen LogP contribution in [0.2, 0.25) is 0 Å². The number of nitrogens with zero attached hydrogens (tertiary/aromatic N) is 1. The molecule has 2 atom stereocenters. The van der Waals surface area contributed by atoms with E-state index >= 15 is 0 Å². The highest BCUT2D eigenvalue weighted by Gasteiger charge is 2.41. The van der Waals surface area contributed by atoms with Gasteiger partial charge in [0.05, 0.1) is 12.1 Å². The molecule has 0 spiro atoms. The minimum Gasteiger partial charge on any atom is -0.381 e. The molecule has 0 radical (unpaired) electrons. The first-order valence-corrected chi connectivity index (χ1v) is 6.47. The zero-order valence-corrected chi connectivity index (χ0v) is 11.1. The number of rotatable bonds is 6. The number of hydrogen-bond acceptors (Lipinski definition) is 3. The fourth-order valence-corrected chi connectivity index (χ4v) is 2.66. The predicted octanol–water partition coefficient (Wildman–Crippen LogP) is 2.10. The Bertz CT molecular complexity index is 232. The summed E-state index contributed by atoms with van der Waals surface area (Å²) >= 11 is 0. The maximum absolute atomic E-state index is 12.5. The molecular formula is C13H25NO2. The summed E-state index contributed by atoms with van der Waals surface area (Å²) in [5.74, 6) is 0.488. The molecule has 1 heterocycles. The van der Waals surface area contributed by atoms with E-state index in [2.05, 4.69) is 32.6 Å². The van der Waals surface area contributed by atoms with Crippen LogP contribution in [0.3, 0.4) is 0 Å². The zero-order valence-electron chi connectivity index (χ0n) is 11.1. The molecule has 1 aliphatic heterocycles. The summed E-state index contributed by atoms with van der Waals surface area (Å²) in [7, 11) is 0. The van der Waals surface area contributed by atoms with Crippen molar-refractivity contribution in [1.82, 2.24) is 4.90 Å². The van der Waals surface area contributed by atoms with Gasteiger partial charge in [0.15, 0.2) is 5.78 Å². The molecule has 0 bridgehead atoms. The Morgan fingerprint density at radius 3 is 2.38 bits per heavy atom. The minimum absolute atomic E-state index is 0.116. The topological polar surface area (TPSA) is 29.5 Å². The van der Waals surface area contributed by atoms with E-state index in [-0.39, 0.29) is 11.5 Å². The molecule has 3 heteroatoms. The van der Waals surface area contributed by atoms with Crippen molar-refractivity contribution in [1.29, 1.82) is 0 Å². The summed E-state index contributed by atoms with van der Waals surface area (Å²) in [6.45, 7) is 11.7. The van der Waals surface area contributed by atoms with Gasteiger partial charge in [-0.2, -0.15) is 0 Å². The average molecular weight is 227 g/mol. The van der Waals surface area contributed by atoms with Gasteiger partial charge in [0.2, 0.25) is 0 Å². The van der Waals surface area contributed by atoms with Crippen LogP contribution in [0.4, 0.5) is 0 Å². The molecule has 0 amide bonds. The van der Waals surface area contributed by atoms with Crippen LogP contribution in [0, 0.1) is 5.92 Å². The van der Waals surface area contributed by atoms with Gasteiger partial charge < -0.3 is 4.74 Å². The summed E-state index contributed by atoms with van der Waals surface area (Å²) in [6.07, 6.45) is 1.78. The number of carbonyl (C=O) groups excluding carboxylic acids is 1. The number of hydrogen-bond donors (Lipinski definition) is 0.